The Hall–Kier alpha value is -2.78. The van der Waals surface area contributed by atoms with Gasteiger partial charge in [-0.2, -0.15) is 0 Å². The Bertz CT molecular complexity index is 2180. The van der Waals surface area contributed by atoms with Crippen LogP contribution < -0.4 is 24.8 Å². The number of hydrogen-bond acceptors (Lipinski definition) is 2. The quantitative estimate of drug-likeness (QED) is 0.0754. The molecular weight excluding hydrogens is 875 g/mol. The summed E-state index contributed by atoms with van der Waals surface area (Å²) in [6.07, 6.45) is 20.2. The Kier molecular flexibility index (Phi) is 16.9. The third-order valence-electron chi connectivity index (χ3n) is 12.2. The molecule has 2 unspecified atom stereocenters. The second kappa shape index (κ2) is 21.8. The Morgan fingerprint density at radius 1 is 0.458 bits per heavy atom. The van der Waals surface area contributed by atoms with Crippen LogP contribution in [0.1, 0.15) is 139 Å². The molecular formula is C54H58Cl2S2Zr. The minimum atomic E-state index is -1.20. The predicted octanol–water partition coefficient (Wildman–Crippen LogP) is 10.5. The summed E-state index contributed by atoms with van der Waals surface area (Å²) < 4.78 is 0.954. The van der Waals surface area contributed by atoms with Gasteiger partial charge in [0.25, 0.3) is 0 Å². The van der Waals surface area contributed by atoms with Gasteiger partial charge in [-0.05, 0) is 0 Å². The molecule has 5 heteroatoms. The van der Waals surface area contributed by atoms with Crippen LogP contribution in [0.3, 0.4) is 0 Å². The van der Waals surface area contributed by atoms with E-state index in [2.05, 4.69) is 149 Å². The van der Waals surface area contributed by atoms with E-state index in [9.17, 15) is 0 Å². The molecule has 0 spiro atoms. The summed E-state index contributed by atoms with van der Waals surface area (Å²) in [6, 6.07) is 43.1. The van der Waals surface area contributed by atoms with E-state index < -0.39 is 23.2 Å². The van der Waals surface area contributed by atoms with Crippen LogP contribution >= 0.6 is 22.7 Å². The van der Waals surface area contributed by atoms with Crippen LogP contribution in [0.15, 0.2) is 109 Å². The number of aryl methyl sites for hydroxylation is 4. The summed E-state index contributed by atoms with van der Waals surface area (Å²) >= 11 is 2.84. The number of benzene rings is 4. The summed E-state index contributed by atoms with van der Waals surface area (Å²) in [4.78, 5) is 5.91. The average Bonchev–Trinajstić information content (AvgIpc) is 4.07. The van der Waals surface area contributed by atoms with Gasteiger partial charge in [0.1, 0.15) is 0 Å². The topological polar surface area (TPSA) is 0 Å². The molecule has 59 heavy (non-hydrogen) atoms. The third kappa shape index (κ3) is 10.3. The summed E-state index contributed by atoms with van der Waals surface area (Å²) in [5.74, 6) is 0. The number of fused-ring (bicyclic) bond motifs is 2. The fraction of sp³-hybridized carbons (Fsp3) is 0.333. The van der Waals surface area contributed by atoms with E-state index in [1.54, 1.807) is 22.3 Å². The van der Waals surface area contributed by atoms with Gasteiger partial charge in [0, 0.05) is 0 Å². The van der Waals surface area contributed by atoms with Crippen molar-refractivity contribution in [3.63, 3.8) is 0 Å². The minimum absolute atomic E-state index is 0. The number of unbranched alkanes of at least 4 members (excludes halogenated alkanes) is 6. The molecule has 0 fully saturated rings. The van der Waals surface area contributed by atoms with Crippen molar-refractivity contribution in [1.29, 1.82) is 0 Å². The SMILES string of the molecule is CCCCCCc1ccc(-c2cccc3c2C=C(c2ccc(CC)s2)[CH]3[Zr+2][CH]2C(c3ccc(CC)s3)=Cc3c(-c4ccc(CCCCCC)cc4)cccc32)cc1.[Cl-].[Cl-]. The van der Waals surface area contributed by atoms with Crippen molar-refractivity contribution in [2.24, 2.45) is 0 Å². The molecule has 8 rings (SSSR count). The predicted molar refractivity (Wildman–Crippen MR) is 248 cm³/mol. The van der Waals surface area contributed by atoms with Gasteiger partial charge >= 0.3 is 339 Å². The molecule has 0 saturated heterocycles. The summed E-state index contributed by atoms with van der Waals surface area (Å²) in [6.45, 7) is 9.18. The van der Waals surface area contributed by atoms with Crippen LogP contribution in [0, 0.1) is 0 Å². The van der Waals surface area contributed by atoms with Crippen LogP contribution in [-0.4, -0.2) is 0 Å². The molecule has 0 radical (unpaired) electrons. The molecule has 304 valence electrons. The van der Waals surface area contributed by atoms with Gasteiger partial charge in [-0.1, -0.05) is 26.7 Å². The number of allylic oxidation sites excluding steroid dienone is 2. The second-order valence-electron chi connectivity index (χ2n) is 16.1. The minimum Gasteiger partial charge on any atom is -1.00 e. The van der Waals surface area contributed by atoms with E-state index in [1.165, 1.54) is 128 Å². The van der Waals surface area contributed by atoms with Crippen LogP contribution in [0.25, 0.3) is 45.6 Å². The second-order valence-corrected chi connectivity index (χ2v) is 22.1. The fourth-order valence-corrected chi connectivity index (χ4v) is 16.4. The van der Waals surface area contributed by atoms with Crippen LogP contribution in [0.4, 0.5) is 0 Å². The molecule has 0 nitrogen and oxygen atoms in total. The van der Waals surface area contributed by atoms with Crippen LogP contribution in [0.5, 0.6) is 0 Å². The van der Waals surface area contributed by atoms with Crippen molar-refractivity contribution in [1.82, 2.24) is 0 Å². The van der Waals surface area contributed by atoms with Crippen molar-refractivity contribution in [3.05, 3.63) is 162 Å². The van der Waals surface area contributed by atoms with E-state index >= 15 is 0 Å². The van der Waals surface area contributed by atoms with Gasteiger partial charge in [0.05, 0.1) is 0 Å². The zero-order chi connectivity index (χ0) is 39.1. The fourth-order valence-electron chi connectivity index (χ4n) is 8.92. The van der Waals surface area contributed by atoms with E-state index in [0.717, 1.165) is 12.8 Å². The van der Waals surface area contributed by atoms with Crippen molar-refractivity contribution >= 4 is 46.0 Å². The largest absolute Gasteiger partial charge is 1.00 e. The van der Waals surface area contributed by atoms with Gasteiger partial charge < -0.3 is 24.8 Å². The third-order valence-corrected chi connectivity index (χ3v) is 19.5. The van der Waals surface area contributed by atoms with Gasteiger partial charge in [0.15, 0.2) is 0 Å². The molecule has 0 aliphatic heterocycles. The molecule has 0 amide bonds. The number of rotatable bonds is 18. The summed E-state index contributed by atoms with van der Waals surface area (Å²) in [5.41, 5.74) is 17.6. The Morgan fingerprint density at radius 3 is 1.25 bits per heavy atom. The maximum Gasteiger partial charge on any atom is -1.00 e. The first-order valence-corrected chi connectivity index (χ1v) is 26.4. The Balaban J connectivity index is 0.00000293. The summed E-state index contributed by atoms with van der Waals surface area (Å²) in [7, 11) is 0. The van der Waals surface area contributed by atoms with Gasteiger partial charge in [-0.25, -0.2) is 0 Å². The van der Waals surface area contributed by atoms with Crippen LogP contribution in [0.2, 0.25) is 0 Å². The molecule has 0 saturated carbocycles. The number of thiophene rings is 2. The molecule has 6 aromatic rings. The van der Waals surface area contributed by atoms with Crippen LogP contribution in [-0.2, 0) is 48.9 Å². The molecule has 2 aliphatic carbocycles. The number of hydrogen-bond donors (Lipinski definition) is 0. The summed E-state index contributed by atoms with van der Waals surface area (Å²) in [5, 5.41) is 0. The first-order chi connectivity index (χ1) is 28.1. The first-order valence-electron chi connectivity index (χ1n) is 21.9. The monoisotopic (exact) mass is 930 g/mol. The van der Waals surface area contributed by atoms with Crippen molar-refractivity contribution in [3.8, 4) is 22.3 Å². The Morgan fingerprint density at radius 2 is 0.881 bits per heavy atom. The van der Waals surface area contributed by atoms with Crippen molar-refractivity contribution < 1.29 is 48.0 Å². The molecule has 0 N–H and O–H groups in total. The van der Waals surface area contributed by atoms with Gasteiger partial charge in [-0.15, -0.1) is 0 Å². The molecule has 2 atom stereocenters. The molecule has 2 heterocycles. The normalized spacial score (nSPS) is 15.1. The van der Waals surface area contributed by atoms with Gasteiger partial charge in [0.2, 0.25) is 0 Å². The number of halogens is 2. The zero-order valence-electron chi connectivity index (χ0n) is 35.3. The zero-order valence-corrected chi connectivity index (χ0v) is 40.9. The molecule has 2 aromatic heterocycles. The van der Waals surface area contributed by atoms with Crippen molar-refractivity contribution in [2.45, 2.75) is 112 Å². The standard InChI is InChI=1S/2C27H29S.2ClH.Zr/c2*1-3-5-6-7-9-20-12-14-21(15-13-20)25-11-8-10-22-18-23(19-26(22)25)27-17-16-24(4-2)28-27;;;/h2*8,10-19H,3-7,9H2,1-2H3;2*1H;/q;;;;+2/p-2. The average molecular weight is 933 g/mol. The Labute approximate surface area is 387 Å². The van der Waals surface area contributed by atoms with E-state index in [-0.39, 0.29) is 24.8 Å². The maximum atomic E-state index is 2.61. The first kappa shape index (κ1) is 45.7. The molecule has 2 aliphatic rings. The molecule has 0 bridgehead atoms. The van der Waals surface area contributed by atoms with Crippen molar-refractivity contribution in [2.75, 3.05) is 0 Å². The van der Waals surface area contributed by atoms with Gasteiger partial charge in [-0.3, -0.25) is 0 Å². The van der Waals surface area contributed by atoms with E-state index in [0.29, 0.717) is 7.25 Å². The van der Waals surface area contributed by atoms with E-state index in [4.69, 9.17) is 0 Å². The van der Waals surface area contributed by atoms with E-state index in [1.807, 2.05) is 22.7 Å². The smallest absolute Gasteiger partial charge is 1.00 e. The maximum absolute atomic E-state index is 2.61. The molecule has 4 aromatic carbocycles.